The summed E-state index contributed by atoms with van der Waals surface area (Å²) in [4.78, 5) is 8.30. The first-order chi connectivity index (χ1) is 12.8. The third kappa shape index (κ3) is 5.07. The summed E-state index contributed by atoms with van der Waals surface area (Å²) in [6.45, 7) is 0.352. The van der Waals surface area contributed by atoms with Crippen LogP contribution in [0.25, 0.3) is 0 Å². The van der Waals surface area contributed by atoms with Gasteiger partial charge in [-0.05, 0) is 35.9 Å². The molecule has 0 spiro atoms. The van der Waals surface area contributed by atoms with Crippen LogP contribution in [0, 0.1) is 0 Å². The minimum absolute atomic E-state index is 0.00557. The summed E-state index contributed by atoms with van der Waals surface area (Å²) in [5.74, 6) is 1.06. The number of phenols is 1. The molecule has 0 amide bonds. The number of nitrogens with two attached hydrogens (primary N) is 1. The van der Waals surface area contributed by atoms with Gasteiger partial charge in [-0.2, -0.15) is 0 Å². The molecule has 0 aliphatic heterocycles. The van der Waals surface area contributed by atoms with Gasteiger partial charge in [0.15, 0.2) is 0 Å². The highest BCUT2D eigenvalue weighted by molar-refractivity contribution is 7.89. The lowest BCUT2D eigenvalue weighted by Crippen LogP contribution is -2.12. The van der Waals surface area contributed by atoms with E-state index < -0.39 is 10.0 Å². The molecule has 8 nitrogen and oxygen atoms in total. The number of primary sulfonamides is 1. The van der Waals surface area contributed by atoms with Crippen molar-refractivity contribution in [3.05, 3.63) is 65.4 Å². The zero-order valence-electron chi connectivity index (χ0n) is 13.9. The van der Waals surface area contributed by atoms with Crippen LogP contribution in [0.2, 0.25) is 5.02 Å². The fraction of sp³-hybridized carbons (Fsp3) is 0.0588. The lowest BCUT2D eigenvalue weighted by atomic mass is 10.2. The molecule has 5 N–H and O–H groups in total. The Morgan fingerprint density at radius 2 is 1.85 bits per heavy atom. The van der Waals surface area contributed by atoms with Crippen molar-refractivity contribution in [2.24, 2.45) is 5.14 Å². The molecule has 0 saturated carbocycles. The van der Waals surface area contributed by atoms with E-state index in [1.807, 2.05) is 0 Å². The number of hydrogen-bond acceptors (Lipinski definition) is 7. The molecule has 0 saturated heterocycles. The Balaban J connectivity index is 1.70. The molecule has 0 aliphatic carbocycles. The molecule has 0 unspecified atom stereocenters. The molecule has 140 valence electrons. The molecule has 10 heteroatoms. The van der Waals surface area contributed by atoms with Gasteiger partial charge in [0, 0.05) is 18.3 Å². The average molecular weight is 406 g/mol. The number of nitrogens with one attached hydrogen (secondary N) is 2. The standard InChI is InChI=1S/C17H16ClN5O3S/c18-14-7-12(4-5-15(14)24)23-17-8-16(21-10-22-17)20-9-11-2-1-3-13(6-11)27(19,25)26/h1-8,10,24H,9H2,(H2,19,25,26)(H2,20,21,22,23). The van der Waals surface area contributed by atoms with E-state index in [-0.39, 0.29) is 15.7 Å². The van der Waals surface area contributed by atoms with E-state index in [2.05, 4.69) is 20.6 Å². The van der Waals surface area contributed by atoms with Crippen molar-refractivity contribution in [1.82, 2.24) is 9.97 Å². The van der Waals surface area contributed by atoms with E-state index in [9.17, 15) is 13.5 Å². The Morgan fingerprint density at radius 1 is 1.07 bits per heavy atom. The van der Waals surface area contributed by atoms with Crippen molar-refractivity contribution in [2.75, 3.05) is 10.6 Å². The van der Waals surface area contributed by atoms with Crippen LogP contribution < -0.4 is 15.8 Å². The Hall–Kier alpha value is -2.88. The Labute approximate surface area is 161 Å². The highest BCUT2D eigenvalue weighted by atomic mass is 35.5. The van der Waals surface area contributed by atoms with Crippen molar-refractivity contribution in [2.45, 2.75) is 11.4 Å². The van der Waals surface area contributed by atoms with Crippen molar-refractivity contribution in [3.63, 3.8) is 0 Å². The van der Waals surface area contributed by atoms with Crippen LogP contribution in [-0.2, 0) is 16.6 Å². The number of rotatable bonds is 6. The summed E-state index contributed by atoms with van der Waals surface area (Å²) in [5.41, 5.74) is 1.39. The van der Waals surface area contributed by atoms with Crippen LogP contribution in [0.4, 0.5) is 17.3 Å². The molecule has 0 fully saturated rings. The van der Waals surface area contributed by atoms with E-state index in [4.69, 9.17) is 16.7 Å². The highest BCUT2D eigenvalue weighted by Gasteiger charge is 2.08. The number of aromatic nitrogens is 2. The van der Waals surface area contributed by atoms with Gasteiger partial charge in [0.05, 0.1) is 9.92 Å². The van der Waals surface area contributed by atoms with E-state index >= 15 is 0 Å². The number of halogens is 1. The smallest absolute Gasteiger partial charge is 0.238 e. The lowest BCUT2D eigenvalue weighted by Gasteiger charge is -2.10. The monoisotopic (exact) mass is 405 g/mol. The second kappa shape index (κ2) is 7.78. The van der Waals surface area contributed by atoms with Crippen molar-refractivity contribution in [3.8, 4) is 5.75 Å². The van der Waals surface area contributed by atoms with E-state index in [1.54, 1.807) is 30.3 Å². The van der Waals surface area contributed by atoms with Crippen LogP contribution in [0.3, 0.4) is 0 Å². The van der Waals surface area contributed by atoms with Gasteiger partial charge in [-0.3, -0.25) is 0 Å². The fourth-order valence-corrected chi connectivity index (χ4v) is 3.04. The summed E-state index contributed by atoms with van der Waals surface area (Å²) >= 11 is 5.89. The number of benzene rings is 2. The highest BCUT2D eigenvalue weighted by Crippen LogP contribution is 2.27. The van der Waals surface area contributed by atoms with Crippen molar-refractivity contribution >= 4 is 38.9 Å². The summed E-state index contributed by atoms with van der Waals surface area (Å²) in [6.07, 6.45) is 1.38. The molecule has 0 bridgehead atoms. The number of phenolic OH excluding ortho intramolecular Hbond substituents is 1. The molecule has 3 aromatic rings. The van der Waals surface area contributed by atoms with Gasteiger partial charge in [0.2, 0.25) is 10.0 Å². The van der Waals surface area contributed by atoms with Gasteiger partial charge in [-0.25, -0.2) is 23.5 Å². The van der Waals surface area contributed by atoms with Crippen LogP contribution in [0.5, 0.6) is 5.75 Å². The first-order valence-corrected chi connectivity index (χ1v) is 9.67. The van der Waals surface area contributed by atoms with Crippen molar-refractivity contribution in [1.29, 1.82) is 0 Å². The van der Waals surface area contributed by atoms with Crippen molar-refractivity contribution < 1.29 is 13.5 Å². The molecule has 1 heterocycles. The van der Waals surface area contributed by atoms with Crippen LogP contribution in [0.15, 0.2) is 59.8 Å². The zero-order chi connectivity index (χ0) is 19.4. The summed E-state index contributed by atoms with van der Waals surface area (Å²) in [7, 11) is -3.75. The third-order valence-corrected chi connectivity index (χ3v) is 4.80. The number of aromatic hydroxyl groups is 1. The van der Waals surface area contributed by atoms with Gasteiger partial charge in [-0.1, -0.05) is 23.7 Å². The molecular weight excluding hydrogens is 390 g/mol. The first kappa shape index (κ1) is 18.9. The molecule has 1 aromatic heterocycles. The molecule has 0 radical (unpaired) electrons. The van der Waals surface area contributed by atoms with Crippen LogP contribution in [-0.4, -0.2) is 23.5 Å². The van der Waals surface area contributed by atoms with Gasteiger partial charge < -0.3 is 15.7 Å². The molecule has 0 aliphatic rings. The lowest BCUT2D eigenvalue weighted by molar-refractivity contribution is 0.475. The Kier molecular flexibility index (Phi) is 5.45. The maximum absolute atomic E-state index is 11.4. The second-order valence-electron chi connectivity index (χ2n) is 5.63. The van der Waals surface area contributed by atoms with Crippen LogP contribution >= 0.6 is 11.6 Å². The summed E-state index contributed by atoms with van der Waals surface area (Å²) in [5, 5.41) is 21.0. The minimum Gasteiger partial charge on any atom is -0.506 e. The van der Waals surface area contributed by atoms with E-state index in [0.717, 1.165) is 5.56 Å². The molecule has 2 aromatic carbocycles. The topological polar surface area (TPSA) is 130 Å². The largest absolute Gasteiger partial charge is 0.506 e. The SMILES string of the molecule is NS(=O)(=O)c1cccc(CNc2cc(Nc3ccc(O)c(Cl)c3)ncn2)c1. The average Bonchev–Trinajstić information content (AvgIpc) is 2.63. The zero-order valence-corrected chi connectivity index (χ0v) is 15.5. The van der Waals surface area contributed by atoms with E-state index in [1.165, 1.54) is 24.5 Å². The number of anilines is 3. The predicted molar refractivity (Wildman–Crippen MR) is 104 cm³/mol. The second-order valence-corrected chi connectivity index (χ2v) is 7.59. The quantitative estimate of drug-likeness (QED) is 0.464. The Bertz CT molecular complexity index is 1080. The minimum atomic E-state index is -3.75. The van der Waals surface area contributed by atoms with Gasteiger partial charge in [-0.15, -0.1) is 0 Å². The molecular formula is C17H16ClN5O3S. The van der Waals surface area contributed by atoms with Gasteiger partial charge in [0.25, 0.3) is 0 Å². The summed E-state index contributed by atoms with van der Waals surface area (Å²) in [6, 6.07) is 12.7. The first-order valence-electron chi connectivity index (χ1n) is 7.74. The predicted octanol–water partition coefficient (Wildman–Crippen LogP) is 2.84. The molecule has 27 heavy (non-hydrogen) atoms. The number of nitrogens with zero attached hydrogens (tertiary/aromatic N) is 2. The normalized spacial score (nSPS) is 11.2. The van der Waals surface area contributed by atoms with Gasteiger partial charge >= 0.3 is 0 Å². The third-order valence-electron chi connectivity index (χ3n) is 3.59. The maximum Gasteiger partial charge on any atom is 0.238 e. The van der Waals surface area contributed by atoms with Crippen LogP contribution in [0.1, 0.15) is 5.56 Å². The number of sulfonamides is 1. The molecule has 3 rings (SSSR count). The molecule has 0 atom stereocenters. The maximum atomic E-state index is 11.4. The number of hydrogen-bond donors (Lipinski definition) is 4. The fourth-order valence-electron chi connectivity index (χ4n) is 2.28. The van der Waals surface area contributed by atoms with E-state index in [0.29, 0.717) is 23.9 Å². The summed E-state index contributed by atoms with van der Waals surface area (Å²) < 4.78 is 22.9. The van der Waals surface area contributed by atoms with Gasteiger partial charge in [0.1, 0.15) is 23.7 Å². The Morgan fingerprint density at radius 3 is 2.59 bits per heavy atom.